The van der Waals surface area contributed by atoms with Gasteiger partial charge in [-0.05, 0) is 92.4 Å². The first-order valence-electron chi connectivity index (χ1n) is 31.9. The number of nitrogens with zero attached hydrogens (tertiary/aromatic N) is 3. The molecule has 26 nitrogen and oxygen atoms in total. The van der Waals surface area contributed by atoms with E-state index in [1.54, 1.807) is 109 Å². The van der Waals surface area contributed by atoms with Crippen molar-refractivity contribution in [1.29, 1.82) is 0 Å². The summed E-state index contributed by atoms with van der Waals surface area (Å²) in [6.07, 6.45) is 0.925. The molecule has 1 saturated heterocycles. The molecule has 1 fully saturated rings. The number of amides is 11. The van der Waals surface area contributed by atoms with Crippen molar-refractivity contribution in [3.63, 3.8) is 0 Å². The van der Waals surface area contributed by atoms with Crippen molar-refractivity contribution in [2.45, 2.75) is 207 Å². The first-order valence-corrected chi connectivity index (χ1v) is 31.9. The molecule has 1 aliphatic rings. The zero-order chi connectivity index (χ0) is 68.2. The molecule has 1 heterocycles. The molecule has 12 atom stereocenters. The van der Waals surface area contributed by atoms with Crippen molar-refractivity contribution < 1.29 is 67.3 Å². The number of carbonyl (C=O) groups is 10. The van der Waals surface area contributed by atoms with E-state index in [2.05, 4.69) is 37.3 Å². The number of benzene rings is 2. The lowest BCUT2D eigenvalue weighted by Gasteiger charge is -2.41. The molecule has 26 heteroatoms. The van der Waals surface area contributed by atoms with Gasteiger partial charge in [0.25, 0.3) is 0 Å². The number of hydrazine groups is 1. The summed E-state index contributed by atoms with van der Waals surface area (Å²) in [5, 5.41) is 27.6. The highest BCUT2D eigenvalue weighted by atomic mass is 16.6. The highest BCUT2D eigenvalue weighted by molar-refractivity contribution is 5.98. The smallest absolute Gasteiger partial charge is 0.410 e. The quantitative estimate of drug-likeness (QED) is 0.0191. The van der Waals surface area contributed by atoms with E-state index in [1.165, 1.54) is 26.2 Å². The highest BCUT2D eigenvalue weighted by Gasteiger charge is 2.44. The molecular weight excluding hydrogens is 1170 g/mol. The van der Waals surface area contributed by atoms with E-state index in [4.69, 9.17) is 25.8 Å². The van der Waals surface area contributed by atoms with E-state index in [0.717, 1.165) is 0 Å². The van der Waals surface area contributed by atoms with Crippen molar-refractivity contribution in [3.05, 3.63) is 65.7 Å². The number of rotatable bonds is 38. The molecule has 0 radical (unpaired) electrons. The van der Waals surface area contributed by atoms with Crippen LogP contribution in [0, 0.1) is 29.6 Å². The minimum absolute atomic E-state index is 0.0894. The van der Waals surface area contributed by atoms with Crippen LogP contribution in [-0.2, 0) is 59.2 Å². The first kappa shape index (κ1) is 77.8. The number of nitrogens with two attached hydrogens (primary N) is 2. The summed E-state index contributed by atoms with van der Waals surface area (Å²) in [4.78, 5) is 139. The van der Waals surface area contributed by atoms with Crippen molar-refractivity contribution in [3.8, 4) is 0 Å². The van der Waals surface area contributed by atoms with Crippen LogP contribution in [0.25, 0.3) is 0 Å². The molecule has 91 heavy (non-hydrogen) atoms. The number of methoxy groups -OCH3 is 2. The summed E-state index contributed by atoms with van der Waals surface area (Å²) in [7, 11) is 6.09. The molecule has 0 bridgehead atoms. The Labute approximate surface area is 537 Å². The topological polar surface area (TPSA) is 365 Å². The Balaban J connectivity index is 1.69. The fourth-order valence-electron chi connectivity index (χ4n) is 11.5. The molecule has 2 aromatic carbocycles. The van der Waals surface area contributed by atoms with Crippen LogP contribution in [0.2, 0.25) is 0 Å². The van der Waals surface area contributed by atoms with E-state index in [1.807, 2.05) is 32.0 Å². The number of carbonyl (C=O) groups excluding carboxylic acids is 10. The molecule has 0 aliphatic carbocycles. The van der Waals surface area contributed by atoms with Gasteiger partial charge in [0.1, 0.15) is 30.8 Å². The minimum atomic E-state index is -1.10. The summed E-state index contributed by atoms with van der Waals surface area (Å²) >= 11 is 0. The number of hydrogen-bond acceptors (Lipinski definition) is 15. The monoisotopic (exact) mass is 1280 g/mol. The third-order valence-electron chi connectivity index (χ3n) is 17.0. The van der Waals surface area contributed by atoms with Gasteiger partial charge in [0.05, 0.1) is 48.8 Å². The van der Waals surface area contributed by atoms with Gasteiger partial charge >= 0.3 is 12.1 Å². The summed E-state index contributed by atoms with van der Waals surface area (Å²) < 4.78 is 17.7. The first-order chi connectivity index (χ1) is 43.0. The van der Waals surface area contributed by atoms with E-state index < -0.39 is 114 Å². The zero-order valence-corrected chi connectivity index (χ0v) is 56.0. The molecule has 510 valence electrons. The van der Waals surface area contributed by atoms with Crippen molar-refractivity contribution in [1.82, 2.24) is 46.7 Å². The van der Waals surface area contributed by atoms with Gasteiger partial charge < -0.3 is 66.8 Å². The number of likely N-dealkylation sites (N-methyl/N-ethyl adjacent to an activating group) is 2. The van der Waals surface area contributed by atoms with Gasteiger partial charge in [0.15, 0.2) is 0 Å². The highest BCUT2D eigenvalue weighted by Crippen LogP contribution is 2.30. The maximum absolute atomic E-state index is 14.8. The van der Waals surface area contributed by atoms with Crippen LogP contribution in [0.15, 0.2) is 54.6 Å². The number of nitrogens with one attached hydrogen (secondary N) is 7. The Bertz CT molecular complexity index is 2670. The van der Waals surface area contributed by atoms with Crippen LogP contribution in [-0.4, -0.2) is 175 Å². The normalized spacial score (nSPS) is 16.7. The fourth-order valence-corrected chi connectivity index (χ4v) is 11.5. The number of urea groups is 1. The Kier molecular flexibility index (Phi) is 33.4. The number of likely N-dealkylation sites (tertiary alicyclic amines) is 1. The minimum Gasteiger partial charge on any atom is -0.445 e. The van der Waals surface area contributed by atoms with Gasteiger partial charge in [-0.1, -0.05) is 118 Å². The lowest BCUT2D eigenvalue weighted by molar-refractivity contribution is -0.148. The van der Waals surface area contributed by atoms with Crippen molar-refractivity contribution >= 4 is 65.1 Å². The predicted molar refractivity (Wildman–Crippen MR) is 344 cm³/mol. The van der Waals surface area contributed by atoms with Gasteiger partial charge in [-0.25, -0.2) is 15.4 Å². The number of aliphatic hydroxyl groups excluding tert-OH is 1. The molecule has 0 saturated carbocycles. The standard InChI is InChI=1S/C65H106N12O14/c1-15-41(8)56(49(89-13)36-52(80)77-35-23-27-48(77)58(90-14)42(9)59(82)69-43(10)57(81)45-24-18-16-19-25-45)75(11)63(86)54(39(4)5)73-62(85)55(40(6)7)76(12)65(88)91-37-44-30-32-46(33-31-44)70-60(83)47(26-22-34-68-64(66)87)71-61(84)53(38(2)3)72-50(78)28-20-17-21-29-51(79)74-67/h16,18-19,24-25,30-33,38-43,47-49,53-58,81H,15,17,20-23,26-29,34-37,67H2,1-14H3,(H,69,82)(H,70,83)(H,71,84)(H,72,78)(H,73,85)(H,74,79)(H3,66,68,87). The second kappa shape index (κ2) is 39.1. The van der Waals surface area contributed by atoms with Gasteiger partial charge in [0.2, 0.25) is 47.3 Å². The lowest BCUT2D eigenvalue weighted by Crippen LogP contribution is -2.60. The molecule has 2 aromatic rings. The molecule has 12 unspecified atom stereocenters. The fraction of sp³-hybridized carbons (Fsp3) is 0.662. The van der Waals surface area contributed by atoms with E-state index in [-0.39, 0.29) is 80.7 Å². The predicted octanol–water partition coefficient (Wildman–Crippen LogP) is 4.53. The molecule has 0 aromatic heterocycles. The van der Waals surface area contributed by atoms with Crippen LogP contribution < -0.4 is 48.9 Å². The molecular formula is C65H106N12O14. The third-order valence-corrected chi connectivity index (χ3v) is 17.0. The van der Waals surface area contributed by atoms with E-state index in [9.17, 15) is 53.1 Å². The summed E-state index contributed by atoms with van der Waals surface area (Å²) in [6, 6.07) is 8.83. The average molecular weight is 1280 g/mol. The second-order valence-electron chi connectivity index (χ2n) is 24.9. The molecule has 12 N–H and O–H groups in total. The maximum Gasteiger partial charge on any atom is 0.410 e. The van der Waals surface area contributed by atoms with Gasteiger partial charge in [0, 0.05) is 59.9 Å². The molecule has 11 amide bonds. The second-order valence-corrected chi connectivity index (χ2v) is 24.9. The lowest BCUT2D eigenvalue weighted by atomic mass is 9.89. The number of primary amides is 1. The summed E-state index contributed by atoms with van der Waals surface area (Å²) in [5.74, 6) is -0.356. The SMILES string of the molecule is CCC(C)C(C(CC(=O)N1CCCC1C(OC)C(C)C(=O)NC(C)C(O)c1ccccc1)OC)N(C)C(=O)C(NC(=O)C(C(C)C)N(C)C(=O)OCc1ccc(NC(=O)C(CCCNC(N)=O)NC(=O)C(NC(=O)CCCCCC(=O)NN)C(C)C)cc1)C(C)C. The largest absolute Gasteiger partial charge is 0.445 e. The maximum atomic E-state index is 14.8. The number of unbranched alkanes of at least 4 members (excludes halogenated alkanes) is 2. The number of ether oxygens (including phenoxy) is 3. The average Bonchev–Trinajstić information content (AvgIpc) is 1.85. The van der Waals surface area contributed by atoms with Crippen molar-refractivity contribution in [2.75, 3.05) is 46.7 Å². The summed E-state index contributed by atoms with van der Waals surface area (Å²) in [5.41, 5.74) is 8.84. The molecule has 3 rings (SSSR count). The Hall–Kier alpha value is -7.42. The van der Waals surface area contributed by atoms with Gasteiger partial charge in [-0.15, -0.1) is 0 Å². The van der Waals surface area contributed by atoms with Crippen LogP contribution >= 0.6 is 0 Å². The van der Waals surface area contributed by atoms with Crippen LogP contribution in [0.4, 0.5) is 15.3 Å². The Morgan fingerprint density at radius 2 is 1.33 bits per heavy atom. The number of aliphatic hydroxyl groups is 1. The van der Waals surface area contributed by atoms with Crippen LogP contribution in [0.3, 0.4) is 0 Å². The summed E-state index contributed by atoms with van der Waals surface area (Å²) in [6.45, 7) is 18.4. The number of hydrogen-bond donors (Lipinski definition) is 10. The van der Waals surface area contributed by atoms with Gasteiger partial charge in [-0.3, -0.25) is 48.7 Å². The Morgan fingerprint density at radius 1 is 0.703 bits per heavy atom. The molecule has 0 spiro atoms. The number of anilines is 1. The zero-order valence-electron chi connectivity index (χ0n) is 56.0. The van der Waals surface area contributed by atoms with E-state index >= 15 is 0 Å². The van der Waals surface area contributed by atoms with Gasteiger partial charge in [-0.2, -0.15) is 0 Å². The molecule has 1 aliphatic heterocycles. The van der Waals surface area contributed by atoms with E-state index in [0.29, 0.717) is 61.9 Å². The Morgan fingerprint density at radius 3 is 1.89 bits per heavy atom. The van der Waals surface area contributed by atoms with Crippen LogP contribution in [0.1, 0.15) is 157 Å². The van der Waals surface area contributed by atoms with Crippen molar-refractivity contribution in [2.24, 2.45) is 41.2 Å². The van der Waals surface area contributed by atoms with Crippen LogP contribution in [0.5, 0.6) is 0 Å². The third kappa shape index (κ3) is 24.3.